The molecule has 0 atom stereocenters. The Kier molecular flexibility index (Phi) is 3.02. The molecule has 12 heavy (non-hydrogen) atoms. The summed E-state index contributed by atoms with van der Waals surface area (Å²) >= 11 is 0. The number of hydrogen-bond donors (Lipinski definition) is 0. The smallest absolute Gasteiger partial charge is 0.198 e. The van der Waals surface area contributed by atoms with Crippen LogP contribution in [0.3, 0.4) is 0 Å². The summed E-state index contributed by atoms with van der Waals surface area (Å²) in [7, 11) is 0. The van der Waals surface area contributed by atoms with Crippen molar-refractivity contribution in [1.82, 2.24) is 9.55 Å². The third kappa shape index (κ3) is 1.72. The SMILES string of the molecule is CCCC(=O)c1nccn1CC. The normalized spacial score (nSPS) is 10.2. The summed E-state index contributed by atoms with van der Waals surface area (Å²) in [4.78, 5) is 15.4. The number of imidazole rings is 1. The van der Waals surface area contributed by atoms with E-state index in [2.05, 4.69) is 4.98 Å². The Morgan fingerprint density at radius 1 is 1.58 bits per heavy atom. The van der Waals surface area contributed by atoms with Crippen LogP contribution in [0.25, 0.3) is 0 Å². The van der Waals surface area contributed by atoms with Crippen LogP contribution in [-0.4, -0.2) is 15.3 Å². The molecule has 1 heterocycles. The molecule has 0 aliphatic rings. The van der Waals surface area contributed by atoms with Crippen molar-refractivity contribution in [2.75, 3.05) is 0 Å². The molecule has 1 aromatic heterocycles. The third-order valence-corrected chi connectivity index (χ3v) is 1.78. The molecule has 1 aromatic rings. The number of hydrogen-bond acceptors (Lipinski definition) is 2. The molecule has 1 rings (SSSR count). The average molecular weight is 166 g/mol. The Labute approximate surface area is 72.4 Å². The zero-order valence-corrected chi connectivity index (χ0v) is 7.58. The Hall–Kier alpha value is -1.12. The Morgan fingerprint density at radius 3 is 2.92 bits per heavy atom. The molecule has 0 saturated heterocycles. The van der Waals surface area contributed by atoms with Crippen molar-refractivity contribution in [2.24, 2.45) is 0 Å². The second-order valence-corrected chi connectivity index (χ2v) is 2.71. The van der Waals surface area contributed by atoms with Crippen LogP contribution in [0.4, 0.5) is 0 Å². The van der Waals surface area contributed by atoms with E-state index in [0.717, 1.165) is 13.0 Å². The lowest BCUT2D eigenvalue weighted by Crippen LogP contribution is -2.08. The zero-order chi connectivity index (χ0) is 8.97. The fourth-order valence-corrected chi connectivity index (χ4v) is 1.16. The van der Waals surface area contributed by atoms with Crippen molar-refractivity contribution in [1.29, 1.82) is 0 Å². The van der Waals surface area contributed by atoms with Gasteiger partial charge in [-0.05, 0) is 13.3 Å². The highest BCUT2D eigenvalue weighted by Gasteiger charge is 2.09. The van der Waals surface area contributed by atoms with Gasteiger partial charge in [0.25, 0.3) is 0 Å². The number of nitrogens with zero attached hydrogens (tertiary/aromatic N) is 2. The van der Waals surface area contributed by atoms with Gasteiger partial charge in [-0.25, -0.2) is 4.98 Å². The molecule has 3 nitrogen and oxygen atoms in total. The van der Waals surface area contributed by atoms with E-state index in [4.69, 9.17) is 0 Å². The molecule has 0 radical (unpaired) electrons. The maximum Gasteiger partial charge on any atom is 0.198 e. The highest BCUT2D eigenvalue weighted by Crippen LogP contribution is 2.03. The van der Waals surface area contributed by atoms with E-state index in [9.17, 15) is 4.79 Å². The van der Waals surface area contributed by atoms with E-state index in [1.807, 2.05) is 24.6 Å². The number of carbonyl (C=O) groups excluding carboxylic acids is 1. The van der Waals surface area contributed by atoms with Gasteiger partial charge in [0.1, 0.15) is 0 Å². The number of Topliss-reactive ketones (excluding diaryl/α,β-unsaturated/α-hetero) is 1. The van der Waals surface area contributed by atoms with Crippen LogP contribution < -0.4 is 0 Å². The molecule has 0 unspecified atom stereocenters. The maximum absolute atomic E-state index is 11.4. The Morgan fingerprint density at radius 2 is 2.33 bits per heavy atom. The van der Waals surface area contributed by atoms with Crippen molar-refractivity contribution in [3.8, 4) is 0 Å². The van der Waals surface area contributed by atoms with Gasteiger partial charge in [-0.1, -0.05) is 6.92 Å². The van der Waals surface area contributed by atoms with Crippen LogP contribution in [-0.2, 0) is 6.54 Å². The van der Waals surface area contributed by atoms with E-state index in [0.29, 0.717) is 12.2 Å². The number of rotatable bonds is 4. The van der Waals surface area contributed by atoms with Gasteiger partial charge in [0.05, 0.1) is 0 Å². The van der Waals surface area contributed by atoms with Gasteiger partial charge in [0.15, 0.2) is 11.6 Å². The van der Waals surface area contributed by atoms with Crippen LogP contribution in [0.5, 0.6) is 0 Å². The largest absolute Gasteiger partial charge is 0.329 e. The van der Waals surface area contributed by atoms with Gasteiger partial charge in [-0.15, -0.1) is 0 Å². The van der Waals surface area contributed by atoms with Crippen molar-refractivity contribution in [3.63, 3.8) is 0 Å². The molecule has 0 aliphatic heterocycles. The van der Waals surface area contributed by atoms with Crippen LogP contribution in [0.15, 0.2) is 12.4 Å². The van der Waals surface area contributed by atoms with Gasteiger partial charge in [0, 0.05) is 25.4 Å². The monoisotopic (exact) mass is 166 g/mol. The number of carbonyl (C=O) groups is 1. The molecular weight excluding hydrogens is 152 g/mol. The molecule has 0 fully saturated rings. The minimum absolute atomic E-state index is 0.143. The quantitative estimate of drug-likeness (QED) is 0.640. The minimum Gasteiger partial charge on any atom is -0.329 e. The molecule has 0 aliphatic carbocycles. The first-order valence-corrected chi connectivity index (χ1v) is 4.34. The third-order valence-electron chi connectivity index (χ3n) is 1.78. The topological polar surface area (TPSA) is 34.9 Å². The molecule has 66 valence electrons. The van der Waals surface area contributed by atoms with Gasteiger partial charge in [0.2, 0.25) is 0 Å². The number of aryl methyl sites for hydroxylation is 1. The lowest BCUT2D eigenvalue weighted by molar-refractivity contribution is 0.0967. The van der Waals surface area contributed by atoms with Crippen LogP contribution in [0.2, 0.25) is 0 Å². The molecule has 0 amide bonds. The summed E-state index contributed by atoms with van der Waals surface area (Å²) in [6.07, 6.45) is 4.99. The first kappa shape index (κ1) is 8.97. The van der Waals surface area contributed by atoms with Crippen LogP contribution in [0, 0.1) is 0 Å². The summed E-state index contributed by atoms with van der Waals surface area (Å²) in [6.45, 7) is 4.81. The summed E-state index contributed by atoms with van der Waals surface area (Å²) < 4.78 is 1.87. The minimum atomic E-state index is 0.143. The van der Waals surface area contributed by atoms with Crippen molar-refractivity contribution < 1.29 is 4.79 Å². The fraction of sp³-hybridized carbons (Fsp3) is 0.556. The standard InChI is InChI=1S/C9H14N2O/c1-3-5-8(12)9-10-6-7-11(9)4-2/h6-7H,3-5H2,1-2H3. The van der Waals surface area contributed by atoms with Crippen molar-refractivity contribution >= 4 is 5.78 Å². The summed E-state index contributed by atoms with van der Waals surface area (Å²) in [5.74, 6) is 0.740. The van der Waals surface area contributed by atoms with E-state index >= 15 is 0 Å². The number of aromatic nitrogens is 2. The van der Waals surface area contributed by atoms with Gasteiger partial charge < -0.3 is 4.57 Å². The van der Waals surface area contributed by atoms with Crippen LogP contribution >= 0.6 is 0 Å². The van der Waals surface area contributed by atoms with Crippen LogP contribution in [0.1, 0.15) is 37.3 Å². The Bertz CT molecular complexity index is 265. The van der Waals surface area contributed by atoms with Crippen molar-refractivity contribution in [3.05, 3.63) is 18.2 Å². The second kappa shape index (κ2) is 4.04. The molecule has 0 aromatic carbocycles. The van der Waals surface area contributed by atoms with Gasteiger partial charge in [-0.2, -0.15) is 0 Å². The summed E-state index contributed by atoms with van der Waals surface area (Å²) in [5, 5.41) is 0. The second-order valence-electron chi connectivity index (χ2n) is 2.71. The van der Waals surface area contributed by atoms with E-state index in [1.165, 1.54) is 0 Å². The maximum atomic E-state index is 11.4. The number of ketones is 1. The Balaban J connectivity index is 2.79. The van der Waals surface area contributed by atoms with E-state index < -0.39 is 0 Å². The zero-order valence-electron chi connectivity index (χ0n) is 7.58. The summed E-state index contributed by atoms with van der Waals surface area (Å²) in [5.41, 5.74) is 0. The predicted octanol–water partition coefficient (Wildman–Crippen LogP) is 1.89. The molecule has 0 N–H and O–H groups in total. The van der Waals surface area contributed by atoms with E-state index in [-0.39, 0.29) is 5.78 Å². The fourth-order valence-electron chi connectivity index (χ4n) is 1.16. The highest BCUT2D eigenvalue weighted by atomic mass is 16.1. The molecule has 3 heteroatoms. The lowest BCUT2D eigenvalue weighted by Gasteiger charge is -2.01. The first-order chi connectivity index (χ1) is 5.79. The predicted molar refractivity (Wildman–Crippen MR) is 47.1 cm³/mol. The van der Waals surface area contributed by atoms with Crippen molar-refractivity contribution in [2.45, 2.75) is 33.2 Å². The lowest BCUT2D eigenvalue weighted by atomic mass is 10.2. The first-order valence-electron chi connectivity index (χ1n) is 4.34. The molecule has 0 spiro atoms. The summed E-state index contributed by atoms with van der Waals surface area (Å²) in [6, 6.07) is 0. The average Bonchev–Trinajstić information content (AvgIpc) is 2.51. The van der Waals surface area contributed by atoms with E-state index in [1.54, 1.807) is 6.20 Å². The highest BCUT2D eigenvalue weighted by molar-refractivity contribution is 5.92. The molecule has 0 saturated carbocycles. The van der Waals surface area contributed by atoms with Gasteiger partial charge in [-0.3, -0.25) is 4.79 Å². The molecule has 0 bridgehead atoms. The van der Waals surface area contributed by atoms with Gasteiger partial charge >= 0.3 is 0 Å². The molecular formula is C9H14N2O.